The third kappa shape index (κ3) is 4.64. The quantitative estimate of drug-likeness (QED) is 0.870. The number of hydrogen-bond acceptors (Lipinski definition) is 3. The number of rotatable bonds is 6. The van der Waals surface area contributed by atoms with Gasteiger partial charge in [-0.05, 0) is 48.8 Å². The Morgan fingerprint density at radius 2 is 2.33 bits per heavy atom. The van der Waals surface area contributed by atoms with Crippen molar-refractivity contribution in [2.24, 2.45) is 0 Å². The van der Waals surface area contributed by atoms with E-state index in [2.05, 4.69) is 39.6 Å². The lowest BCUT2D eigenvalue weighted by Crippen LogP contribution is -2.31. The van der Waals surface area contributed by atoms with Crippen LogP contribution in [0.3, 0.4) is 0 Å². The van der Waals surface area contributed by atoms with E-state index in [1.54, 1.807) is 18.4 Å². The molecule has 0 saturated carbocycles. The third-order valence-electron chi connectivity index (χ3n) is 2.50. The molecule has 0 aromatic carbocycles. The molecule has 0 saturated heterocycles. The average molecular weight is 292 g/mol. The van der Waals surface area contributed by atoms with Crippen molar-refractivity contribution in [2.75, 3.05) is 14.2 Å². The maximum absolute atomic E-state index is 5.28. The molecule has 86 valence electrons. The summed E-state index contributed by atoms with van der Waals surface area (Å²) in [5.74, 6) is 0. The number of thiophene rings is 1. The third-order valence-corrected chi connectivity index (χ3v) is 4.22. The van der Waals surface area contributed by atoms with Gasteiger partial charge in [0.25, 0.3) is 0 Å². The number of ether oxygens (including phenoxy) is 1. The number of hydrogen-bond donors (Lipinski definition) is 1. The van der Waals surface area contributed by atoms with Gasteiger partial charge in [-0.2, -0.15) is 0 Å². The van der Waals surface area contributed by atoms with E-state index in [4.69, 9.17) is 4.74 Å². The van der Waals surface area contributed by atoms with E-state index in [9.17, 15) is 0 Å². The molecule has 0 spiro atoms. The minimum Gasteiger partial charge on any atom is -0.382 e. The van der Waals surface area contributed by atoms with E-state index in [0.29, 0.717) is 12.1 Å². The van der Waals surface area contributed by atoms with Crippen LogP contribution in [0, 0.1) is 0 Å². The molecule has 1 heterocycles. The summed E-state index contributed by atoms with van der Waals surface area (Å²) in [6.07, 6.45) is 2.43. The second kappa shape index (κ2) is 6.63. The van der Waals surface area contributed by atoms with Crippen LogP contribution in [0.15, 0.2) is 15.9 Å². The fraction of sp³-hybridized carbons (Fsp3) is 0.636. The number of methoxy groups -OCH3 is 1. The highest BCUT2D eigenvalue weighted by molar-refractivity contribution is 9.10. The van der Waals surface area contributed by atoms with E-state index >= 15 is 0 Å². The molecule has 2 nitrogen and oxygen atoms in total. The fourth-order valence-corrected chi connectivity index (χ4v) is 3.04. The predicted octanol–water partition coefficient (Wildman–Crippen LogP) is 3.07. The van der Waals surface area contributed by atoms with Gasteiger partial charge in [0.2, 0.25) is 0 Å². The van der Waals surface area contributed by atoms with Crippen molar-refractivity contribution in [3.63, 3.8) is 0 Å². The molecule has 0 aliphatic heterocycles. The Kier molecular flexibility index (Phi) is 5.82. The Morgan fingerprint density at radius 3 is 2.80 bits per heavy atom. The summed E-state index contributed by atoms with van der Waals surface area (Å²) >= 11 is 5.27. The van der Waals surface area contributed by atoms with Gasteiger partial charge in [0.05, 0.1) is 6.10 Å². The Bertz CT molecular complexity index is 290. The second-order valence-electron chi connectivity index (χ2n) is 3.70. The predicted molar refractivity (Wildman–Crippen MR) is 69.7 cm³/mol. The van der Waals surface area contributed by atoms with E-state index in [1.807, 2.05) is 7.05 Å². The first-order chi connectivity index (χ1) is 7.15. The Balaban J connectivity index is 2.46. The molecular weight excluding hydrogens is 274 g/mol. The molecule has 2 unspecified atom stereocenters. The molecule has 4 heteroatoms. The van der Waals surface area contributed by atoms with E-state index in [1.165, 1.54) is 9.35 Å². The van der Waals surface area contributed by atoms with Gasteiger partial charge in [0.15, 0.2) is 0 Å². The van der Waals surface area contributed by atoms with Crippen molar-refractivity contribution < 1.29 is 4.74 Å². The lowest BCUT2D eigenvalue weighted by Gasteiger charge is -2.18. The minimum atomic E-state index is 0.311. The maximum Gasteiger partial charge on any atom is 0.0558 e. The molecular formula is C11H18BrNOS. The van der Waals surface area contributed by atoms with Crippen molar-refractivity contribution in [2.45, 2.75) is 31.9 Å². The maximum atomic E-state index is 5.28. The first-order valence-corrected chi connectivity index (χ1v) is 6.76. The largest absolute Gasteiger partial charge is 0.382 e. The molecule has 1 aromatic rings. The van der Waals surface area contributed by atoms with Crippen LogP contribution in [0.4, 0.5) is 0 Å². The van der Waals surface area contributed by atoms with Gasteiger partial charge >= 0.3 is 0 Å². The molecule has 0 aliphatic rings. The molecule has 0 amide bonds. The van der Waals surface area contributed by atoms with Crippen LogP contribution in [-0.4, -0.2) is 26.3 Å². The van der Waals surface area contributed by atoms with Crippen LogP contribution in [0.5, 0.6) is 0 Å². The zero-order chi connectivity index (χ0) is 11.3. The monoisotopic (exact) mass is 291 g/mol. The second-order valence-corrected chi connectivity index (χ2v) is 5.61. The lowest BCUT2D eigenvalue weighted by atomic mass is 10.1. The summed E-state index contributed by atoms with van der Waals surface area (Å²) in [7, 11) is 3.77. The first-order valence-electron chi connectivity index (χ1n) is 5.08. The molecule has 1 rings (SSSR count). The SMILES string of the molecule is CNC(Cc1cc(Br)cs1)CC(C)OC. The Morgan fingerprint density at radius 1 is 1.60 bits per heavy atom. The lowest BCUT2D eigenvalue weighted by molar-refractivity contribution is 0.101. The Hall–Kier alpha value is 0.1000. The molecule has 0 radical (unpaired) electrons. The molecule has 1 N–H and O–H groups in total. The van der Waals surface area contributed by atoms with Gasteiger partial charge in [-0.15, -0.1) is 11.3 Å². The molecule has 0 fully saturated rings. The van der Waals surface area contributed by atoms with Crippen molar-refractivity contribution in [3.8, 4) is 0 Å². The summed E-state index contributed by atoms with van der Waals surface area (Å²) in [4.78, 5) is 1.41. The van der Waals surface area contributed by atoms with Gasteiger partial charge in [0, 0.05) is 27.9 Å². The number of nitrogens with one attached hydrogen (secondary N) is 1. The van der Waals surface area contributed by atoms with Crippen molar-refractivity contribution in [1.29, 1.82) is 0 Å². The van der Waals surface area contributed by atoms with E-state index in [-0.39, 0.29) is 0 Å². The number of likely N-dealkylation sites (N-methyl/N-ethyl adjacent to an activating group) is 1. The standard InChI is InChI=1S/C11H18BrNOS/c1-8(14-3)4-10(13-2)6-11-5-9(12)7-15-11/h5,7-8,10,13H,4,6H2,1-3H3. The number of halogens is 1. The molecule has 2 atom stereocenters. The summed E-state index contributed by atoms with van der Waals surface area (Å²) < 4.78 is 6.46. The Labute approximate surface area is 104 Å². The highest BCUT2D eigenvalue weighted by atomic mass is 79.9. The van der Waals surface area contributed by atoms with Crippen LogP contribution < -0.4 is 5.32 Å². The van der Waals surface area contributed by atoms with E-state index < -0.39 is 0 Å². The summed E-state index contributed by atoms with van der Waals surface area (Å²) in [6.45, 7) is 2.11. The van der Waals surface area contributed by atoms with Crippen LogP contribution in [0.25, 0.3) is 0 Å². The average Bonchev–Trinajstić information content (AvgIpc) is 2.62. The molecule has 15 heavy (non-hydrogen) atoms. The van der Waals surface area contributed by atoms with Crippen LogP contribution in [-0.2, 0) is 11.2 Å². The van der Waals surface area contributed by atoms with Gasteiger partial charge in [-0.25, -0.2) is 0 Å². The summed E-state index contributed by atoms with van der Waals surface area (Å²) in [6, 6.07) is 2.68. The molecule has 0 bridgehead atoms. The highest BCUT2D eigenvalue weighted by Gasteiger charge is 2.12. The van der Waals surface area contributed by atoms with Crippen molar-refractivity contribution >= 4 is 27.3 Å². The fourth-order valence-electron chi connectivity index (χ4n) is 1.50. The van der Waals surface area contributed by atoms with Gasteiger partial charge in [-0.3, -0.25) is 0 Å². The van der Waals surface area contributed by atoms with Gasteiger partial charge < -0.3 is 10.1 Å². The molecule has 0 aliphatic carbocycles. The topological polar surface area (TPSA) is 21.3 Å². The van der Waals surface area contributed by atoms with Crippen molar-refractivity contribution in [1.82, 2.24) is 5.32 Å². The van der Waals surface area contributed by atoms with Crippen molar-refractivity contribution in [3.05, 3.63) is 20.8 Å². The summed E-state index contributed by atoms with van der Waals surface area (Å²) in [5, 5.41) is 5.46. The zero-order valence-corrected chi connectivity index (χ0v) is 11.8. The van der Waals surface area contributed by atoms with Gasteiger partial charge in [-0.1, -0.05) is 0 Å². The first kappa shape index (κ1) is 13.2. The minimum absolute atomic E-state index is 0.311. The smallest absolute Gasteiger partial charge is 0.0558 e. The summed E-state index contributed by atoms with van der Waals surface area (Å²) in [5.41, 5.74) is 0. The van der Waals surface area contributed by atoms with Crippen LogP contribution in [0.2, 0.25) is 0 Å². The highest BCUT2D eigenvalue weighted by Crippen LogP contribution is 2.21. The van der Waals surface area contributed by atoms with E-state index in [0.717, 1.165) is 12.8 Å². The zero-order valence-electron chi connectivity index (χ0n) is 9.42. The normalized spacial score (nSPS) is 15.2. The molecule has 1 aromatic heterocycles. The van der Waals surface area contributed by atoms with Crippen LogP contribution in [0.1, 0.15) is 18.2 Å². The van der Waals surface area contributed by atoms with Crippen LogP contribution >= 0.6 is 27.3 Å². The van der Waals surface area contributed by atoms with Gasteiger partial charge in [0.1, 0.15) is 0 Å².